The third-order valence-corrected chi connectivity index (χ3v) is 4.54. The van der Waals surface area contributed by atoms with Crippen molar-refractivity contribution < 1.29 is 14.4 Å². The lowest BCUT2D eigenvalue weighted by molar-refractivity contribution is 0.0866. The Bertz CT molecular complexity index is 487. The quantitative estimate of drug-likeness (QED) is 0.730. The van der Waals surface area contributed by atoms with Gasteiger partial charge in [-0.2, -0.15) is 0 Å². The van der Waals surface area contributed by atoms with Gasteiger partial charge in [0.15, 0.2) is 11.5 Å². The largest absolute Gasteiger partial charge is 0.388 e. The Labute approximate surface area is 132 Å². The molecule has 0 bridgehead atoms. The lowest BCUT2D eigenvalue weighted by atomic mass is 9.96. The van der Waals surface area contributed by atoms with Gasteiger partial charge in [-0.1, -0.05) is 25.4 Å². The number of hydrogen-bond donors (Lipinski definition) is 2. The van der Waals surface area contributed by atoms with Crippen LogP contribution in [0, 0.1) is 6.92 Å². The smallest absolute Gasteiger partial charge is 0.273 e. The first-order valence-corrected chi connectivity index (χ1v) is 7.95. The van der Waals surface area contributed by atoms with Gasteiger partial charge in [0.05, 0.1) is 0 Å². The second kappa shape index (κ2) is 8.29. The predicted octanol–water partition coefficient (Wildman–Crippen LogP) is 2.11. The fraction of sp³-hybridized carbons (Fsp3) is 0.750. The molecule has 1 aromatic heterocycles. The van der Waals surface area contributed by atoms with E-state index in [-0.39, 0.29) is 23.7 Å². The molecular formula is C16H29N3O3. The Hall–Kier alpha value is -1.40. The van der Waals surface area contributed by atoms with E-state index in [4.69, 9.17) is 9.63 Å². The van der Waals surface area contributed by atoms with Crippen LogP contribution in [0.15, 0.2) is 4.52 Å². The molecule has 0 aliphatic heterocycles. The zero-order chi connectivity index (χ0) is 16.8. The first kappa shape index (κ1) is 18.6. The van der Waals surface area contributed by atoms with E-state index < -0.39 is 0 Å². The molecule has 22 heavy (non-hydrogen) atoms. The number of unbranched alkanes of at least 4 members (excludes halogenated alkanes) is 1. The summed E-state index contributed by atoms with van der Waals surface area (Å²) in [6.45, 7) is 9.47. The molecule has 0 aromatic carbocycles. The minimum Gasteiger partial charge on any atom is -0.388 e. The second-order valence-electron chi connectivity index (χ2n) is 6.05. The van der Waals surface area contributed by atoms with Crippen molar-refractivity contribution in [1.82, 2.24) is 15.4 Å². The van der Waals surface area contributed by atoms with E-state index in [1.807, 2.05) is 0 Å². The Morgan fingerprint density at radius 2 is 2.14 bits per heavy atom. The number of carbonyl (C=O) groups excluding carboxylic acids is 1. The number of aromatic nitrogens is 1. The van der Waals surface area contributed by atoms with Gasteiger partial charge in [-0.25, -0.2) is 0 Å². The maximum atomic E-state index is 12.3. The van der Waals surface area contributed by atoms with Crippen LogP contribution in [-0.4, -0.2) is 46.7 Å². The summed E-state index contributed by atoms with van der Waals surface area (Å²) in [5.41, 5.74) is 0.749. The normalized spacial score (nSPS) is 14.1. The topological polar surface area (TPSA) is 78.6 Å². The van der Waals surface area contributed by atoms with Crippen LogP contribution >= 0.6 is 0 Å². The Balaban J connectivity index is 2.68. The fourth-order valence-corrected chi connectivity index (χ4v) is 2.28. The number of likely N-dealkylation sites (N-methyl/N-ethyl adjacent to an activating group) is 1. The average molecular weight is 311 g/mol. The third-order valence-electron chi connectivity index (χ3n) is 4.54. The molecule has 1 amide bonds. The fourth-order valence-electron chi connectivity index (χ4n) is 2.28. The van der Waals surface area contributed by atoms with Crippen molar-refractivity contribution in [1.29, 1.82) is 0 Å². The minimum absolute atomic E-state index is 0.0950. The van der Waals surface area contributed by atoms with Gasteiger partial charge < -0.3 is 14.9 Å². The Kier molecular flexibility index (Phi) is 7.03. The molecule has 0 fully saturated rings. The van der Waals surface area contributed by atoms with Crippen molar-refractivity contribution in [2.75, 3.05) is 20.1 Å². The Morgan fingerprint density at radius 3 is 2.64 bits per heavy atom. The number of aliphatic hydroxyl groups excluding tert-OH is 1. The maximum absolute atomic E-state index is 12.3. The van der Waals surface area contributed by atoms with Crippen LogP contribution < -0.4 is 5.32 Å². The summed E-state index contributed by atoms with van der Waals surface area (Å²) in [6.07, 6.45) is 3.23. The first-order valence-electron chi connectivity index (χ1n) is 7.95. The van der Waals surface area contributed by atoms with Gasteiger partial charge >= 0.3 is 0 Å². The third kappa shape index (κ3) is 4.30. The molecule has 0 spiro atoms. The molecule has 0 saturated carbocycles. The average Bonchev–Trinajstić information content (AvgIpc) is 2.90. The van der Waals surface area contributed by atoms with Crippen molar-refractivity contribution in [2.24, 2.45) is 0 Å². The molecule has 0 saturated heterocycles. The second-order valence-corrected chi connectivity index (χ2v) is 6.05. The summed E-state index contributed by atoms with van der Waals surface area (Å²) in [6, 6.07) is 0. The summed E-state index contributed by atoms with van der Waals surface area (Å²) >= 11 is 0. The zero-order valence-electron chi connectivity index (χ0n) is 14.4. The molecule has 126 valence electrons. The molecule has 1 atom stereocenters. The number of amides is 1. The van der Waals surface area contributed by atoms with Gasteiger partial charge in [0.2, 0.25) is 0 Å². The highest BCUT2D eigenvalue weighted by Gasteiger charge is 2.28. The SMILES string of the molecule is CCCCN(C)C(C)(CC)CNC(=O)c1noc(CO)c1C. The van der Waals surface area contributed by atoms with Crippen molar-refractivity contribution >= 4 is 5.91 Å². The van der Waals surface area contributed by atoms with E-state index >= 15 is 0 Å². The molecule has 1 rings (SSSR count). The van der Waals surface area contributed by atoms with Crippen molar-refractivity contribution in [2.45, 2.75) is 59.1 Å². The molecule has 6 nitrogen and oxygen atoms in total. The molecule has 1 heterocycles. The van der Waals surface area contributed by atoms with E-state index in [0.29, 0.717) is 17.9 Å². The molecular weight excluding hydrogens is 282 g/mol. The standard InChI is InChI=1S/C16H29N3O3/c1-6-8-9-19(5)16(4,7-2)11-17-15(21)14-12(3)13(10-20)22-18-14/h20H,6-11H2,1-5H3,(H,17,21). The van der Waals surface area contributed by atoms with Gasteiger partial charge in [0.25, 0.3) is 5.91 Å². The summed E-state index contributed by atoms with van der Waals surface area (Å²) < 4.78 is 4.95. The van der Waals surface area contributed by atoms with Crippen LogP contribution in [0.25, 0.3) is 0 Å². The molecule has 0 radical (unpaired) electrons. The number of hydrogen-bond acceptors (Lipinski definition) is 5. The molecule has 1 aromatic rings. The number of carbonyl (C=O) groups is 1. The number of nitrogens with zero attached hydrogens (tertiary/aromatic N) is 2. The lowest BCUT2D eigenvalue weighted by Crippen LogP contribution is -2.52. The van der Waals surface area contributed by atoms with Crippen LogP contribution in [0.5, 0.6) is 0 Å². The molecule has 0 aliphatic rings. The monoisotopic (exact) mass is 311 g/mol. The number of rotatable bonds is 9. The van der Waals surface area contributed by atoms with Crippen molar-refractivity contribution in [3.8, 4) is 0 Å². The Morgan fingerprint density at radius 1 is 1.45 bits per heavy atom. The van der Waals surface area contributed by atoms with Gasteiger partial charge in [-0.15, -0.1) is 0 Å². The van der Waals surface area contributed by atoms with E-state index in [9.17, 15) is 4.79 Å². The minimum atomic E-state index is -0.260. The van der Waals surface area contributed by atoms with E-state index in [0.717, 1.165) is 25.8 Å². The van der Waals surface area contributed by atoms with Crippen LogP contribution in [0.4, 0.5) is 0 Å². The summed E-state index contributed by atoms with van der Waals surface area (Å²) in [5, 5.41) is 15.8. The van der Waals surface area contributed by atoms with Crippen molar-refractivity contribution in [3.63, 3.8) is 0 Å². The highest BCUT2D eigenvalue weighted by Crippen LogP contribution is 2.18. The molecule has 1 unspecified atom stereocenters. The highest BCUT2D eigenvalue weighted by atomic mass is 16.5. The van der Waals surface area contributed by atoms with Crippen LogP contribution in [0.2, 0.25) is 0 Å². The molecule has 2 N–H and O–H groups in total. The number of nitrogens with one attached hydrogen (secondary N) is 1. The van der Waals surface area contributed by atoms with Gasteiger partial charge in [-0.05, 0) is 40.3 Å². The van der Waals surface area contributed by atoms with E-state index in [1.54, 1.807) is 6.92 Å². The summed E-state index contributed by atoms with van der Waals surface area (Å²) in [4.78, 5) is 14.6. The van der Waals surface area contributed by atoms with Gasteiger partial charge in [-0.3, -0.25) is 9.69 Å². The van der Waals surface area contributed by atoms with Crippen LogP contribution in [-0.2, 0) is 6.61 Å². The van der Waals surface area contributed by atoms with E-state index in [2.05, 4.69) is 43.2 Å². The van der Waals surface area contributed by atoms with Crippen molar-refractivity contribution in [3.05, 3.63) is 17.0 Å². The van der Waals surface area contributed by atoms with Gasteiger partial charge in [0.1, 0.15) is 6.61 Å². The van der Waals surface area contributed by atoms with E-state index in [1.165, 1.54) is 0 Å². The number of aliphatic hydroxyl groups is 1. The molecule has 0 aliphatic carbocycles. The predicted molar refractivity (Wildman–Crippen MR) is 85.7 cm³/mol. The summed E-state index contributed by atoms with van der Waals surface area (Å²) in [5.74, 6) is 0.0768. The highest BCUT2D eigenvalue weighted by molar-refractivity contribution is 5.93. The first-order chi connectivity index (χ1) is 10.4. The van der Waals surface area contributed by atoms with Gasteiger partial charge in [0, 0.05) is 17.6 Å². The maximum Gasteiger partial charge on any atom is 0.273 e. The zero-order valence-corrected chi connectivity index (χ0v) is 14.4. The van der Waals surface area contributed by atoms with Crippen LogP contribution in [0.3, 0.4) is 0 Å². The summed E-state index contributed by atoms with van der Waals surface area (Å²) in [7, 11) is 2.09. The lowest BCUT2D eigenvalue weighted by Gasteiger charge is -2.38. The van der Waals surface area contributed by atoms with Crippen LogP contribution in [0.1, 0.15) is 61.8 Å². The molecule has 6 heteroatoms.